The summed E-state index contributed by atoms with van der Waals surface area (Å²) in [6.07, 6.45) is 6.25. The molecule has 1 aliphatic rings. The van der Waals surface area contributed by atoms with Crippen molar-refractivity contribution in [3.63, 3.8) is 0 Å². The largest absolute Gasteiger partial charge is 0.356 e. The SMILES string of the molecule is O=C(NCc1cccs1)C1CCN(c2cc(-n3cncn3)ncn2)CC1. The Morgan fingerprint density at radius 2 is 2.08 bits per heavy atom. The number of hydrogen-bond donors (Lipinski definition) is 1. The fourth-order valence-electron chi connectivity index (χ4n) is 3.06. The molecule has 0 spiro atoms. The highest BCUT2D eigenvalue weighted by Gasteiger charge is 2.25. The van der Waals surface area contributed by atoms with Crippen LogP contribution in [0, 0.1) is 5.92 Å². The first-order valence-electron chi connectivity index (χ1n) is 8.51. The van der Waals surface area contributed by atoms with E-state index in [0.717, 1.165) is 31.7 Å². The minimum Gasteiger partial charge on any atom is -0.356 e. The molecule has 1 fully saturated rings. The topological polar surface area (TPSA) is 88.8 Å². The number of carbonyl (C=O) groups is 1. The van der Waals surface area contributed by atoms with E-state index >= 15 is 0 Å². The molecule has 4 heterocycles. The Labute approximate surface area is 154 Å². The van der Waals surface area contributed by atoms with E-state index in [1.54, 1.807) is 22.3 Å². The number of amides is 1. The summed E-state index contributed by atoms with van der Waals surface area (Å²) in [5, 5.41) is 9.16. The summed E-state index contributed by atoms with van der Waals surface area (Å²) >= 11 is 1.66. The minimum atomic E-state index is 0.0582. The Hall–Kier alpha value is -2.81. The van der Waals surface area contributed by atoms with Crippen molar-refractivity contribution in [3.8, 4) is 5.82 Å². The van der Waals surface area contributed by atoms with Gasteiger partial charge in [0.25, 0.3) is 0 Å². The lowest BCUT2D eigenvalue weighted by Crippen LogP contribution is -2.40. The van der Waals surface area contributed by atoms with Crippen LogP contribution in [0.25, 0.3) is 5.82 Å². The molecule has 134 valence electrons. The number of piperidine rings is 1. The maximum absolute atomic E-state index is 12.4. The molecule has 0 atom stereocenters. The summed E-state index contributed by atoms with van der Waals surface area (Å²) in [7, 11) is 0. The molecule has 0 radical (unpaired) electrons. The Morgan fingerprint density at radius 1 is 1.23 bits per heavy atom. The van der Waals surface area contributed by atoms with Gasteiger partial charge < -0.3 is 10.2 Å². The van der Waals surface area contributed by atoms with Gasteiger partial charge in [-0.25, -0.2) is 19.6 Å². The zero-order valence-corrected chi connectivity index (χ0v) is 15.0. The lowest BCUT2D eigenvalue weighted by Gasteiger charge is -2.32. The summed E-state index contributed by atoms with van der Waals surface area (Å²) < 4.78 is 1.61. The lowest BCUT2D eigenvalue weighted by atomic mass is 9.96. The van der Waals surface area contributed by atoms with Crippen molar-refractivity contribution < 1.29 is 4.79 Å². The molecule has 1 saturated heterocycles. The van der Waals surface area contributed by atoms with E-state index in [4.69, 9.17) is 0 Å². The molecule has 4 rings (SSSR count). The van der Waals surface area contributed by atoms with Crippen LogP contribution in [0.1, 0.15) is 17.7 Å². The van der Waals surface area contributed by atoms with E-state index in [2.05, 4.69) is 30.3 Å². The molecule has 0 saturated carbocycles. The maximum Gasteiger partial charge on any atom is 0.223 e. The average Bonchev–Trinajstić information content (AvgIpc) is 3.40. The van der Waals surface area contributed by atoms with Crippen LogP contribution in [0.5, 0.6) is 0 Å². The quantitative estimate of drug-likeness (QED) is 0.736. The predicted molar refractivity (Wildman–Crippen MR) is 98.1 cm³/mol. The first-order chi connectivity index (χ1) is 12.8. The van der Waals surface area contributed by atoms with Crippen LogP contribution in [0.3, 0.4) is 0 Å². The monoisotopic (exact) mass is 369 g/mol. The molecular formula is C17H19N7OS. The van der Waals surface area contributed by atoms with Crippen molar-refractivity contribution >= 4 is 23.1 Å². The first kappa shape index (κ1) is 16.6. The van der Waals surface area contributed by atoms with Crippen LogP contribution in [0.4, 0.5) is 5.82 Å². The Bertz CT molecular complexity index is 842. The van der Waals surface area contributed by atoms with Crippen LogP contribution in [0.2, 0.25) is 0 Å². The number of hydrogen-bond acceptors (Lipinski definition) is 7. The van der Waals surface area contributed by atoms with Crippen molar-refractivity contribution in [2.45, 2.75) is 19.4 Å². The first-order valence-corrected chi connectivity index (χ1v) is 9.39. The van der Waals surface area contributed by atoms with E-state index in [1.807, 2.05) is 23.6 Å². The van der Waals surface area contributed by atoms with Crippen LogP contribution in [0.15, 0.2) is 42.6 Å². The molecule has 1 aliphatic heterocycles. The van der Waals surface area contributed by atoms with Gasteiger partial charge in [0, 0.05) is 30.0 Å². The van der Waals surface area contributed by atoms with Gasteiger partial charge in [-0.05, 0) is 24.3 Å². The second-order valence-corrected chi connectivity index (χ2v) is 7.17. The van der Waals surface area contributed by atoms with Gasteiger partial charge >= 0.3 is 0 Å². The van der Waals surface area contributed by atoms with Gasteiger partial charge in [0.1, 0.15) is 24.8 Å². The van der Waals surface area contributed by atoms with E-state index in [9.17, 15) is 4.79 Å². The van der Waals surface area contributed by atoms with E-state index in [-0.39, 0.29) is 11.8 Å². The molecule has 9 heteroatoms. The Kier molecular flexibility index (Phi) is 4.87. The van der Waals surface area contributed by atoms with Gasteiger partial charge in [0.15, 0.2) is 5.82 Å². The summed E-state index contributed by atoms with van der Waals surface area (Å²) in [6, 6.07) is 5.93. The zero-order chi connectivity index (χ0) is 17.8. The van der Waals surface area contributed by atoms with Gasteiger partial charge in [-0.3, -0.25) is 4.79 Å². The average molecular weight is 369 g/mol. The molecule has 3 aromatic rings. The van der Waals surface area contributed by atoms with E-state index < -0.39 is 0 Å². The molecule has 0 aliphatic carbocycles. The molecule has 1 amide bonds. The van der Waals surface area contributed by atoms with Gasteiger partial charge in [-0.15, -0.1) is 11.3 Å². The maximum atomic E-state index is 12.4. The summed E-state index contributed by atoms with van der Waals surface area (Å²) in [4.78, 5) is 28.3. The van der Waals surface area contributed by atoms with Crippen molar-refractivity contribution in [1.29, 1.82) is 0 Å². The summed E-state index contributed by atoms with van der Waals surface area (Å²) in [6.45, 7) is 2.21. The Balaban J connectivity index is 1.33. The number of carbonyl (C=O) groups excluding carboxylic acids is 1. The van der Waals surface area contributed by atoms with Crippen molar-refractivity contribution in [1.82, 2.24) is 30.0 Å². The molecule has 26 heavy (non-hydrogen) atoms. The number of nitrogens with zero attached hydrogens (tertiary/aromatic N) is 6. The number of nitrogens with one attached hydrogen (secondary N) is 1. The van der Waals surface area contributed by atoms with Crippen LogP contribution >= 0.6 is 11.3 Å². The van der Waals surface area contributed by atoms with Crippen LogP contribution in [-0.2, 0) is 11.3 Å². The highest BCUT2D eigenvalue weighted by atomic mass is 32.1. The van der Waals surface area contributed by atoms with Crippen LogP contribution < -0.4 is 10.2 Å². The lowest BCUT2D eigenvalue weighted by molar-refractivity contribution is -0.125. The fourth-order valence-corrected chi connectivity index (χ4v) is 3.71. The van der Waals surface area contributed by atoms with Crippen LogP contribution in [-0.4, -0.2) is 43.7 Å². The van der Waals surface area contributed by atoms with Gasteiger partial charge in [-0.1, -0.05) is 6.07 Å². The highest BCUT2D eigenvalue weighted by molar-refractivity contribution is 7.09. The molecule has 8 nitrogen and oxygen atoms in total. The van der Waals surface area contributed by atoms with Crippen molar-refractivity contribution in [2.24, 2.45) is 5.92 Å². The molecule has 3 aromatic heterocycles. The van der Waals surface area contributed by atoms with Gasteiger partial charge in [0.2, 0.25) is 5.91 Å². The number of thiophene rings is 1. The van der Waals surface area contributed by atoms with Gasteiger partial charge in [0.05, 0.1) is 6.54 Å². The van der Waals surface area contributed by atoms with Crippen molar-refractivity contribution in [2.75, 3.05) is 18.0 Å². The molecule has 0 aromatic carbocycles. The molecule has 0 bridgehead atoms. The normalized spacial score (nSPS) is 15.2. The fraction of sp³-hybridized carbons (Fsp3) is 0.353. The second-order valence-electron chi connectivity index (χ2n) is 6.13. The smallest absolute Gasteiger partial charge is 0.223 e. The number of anilines is 1. The summed E-state index contributed by atoms with van der Waals surface area (Å²) in [5.74, 6) is 1.73. The van der Waals surface area contributed by atoms with Crippen molar-refractivity contribution in [3.05, 3.63) is 47.4 Å². The van der Waals surface area contributed by atoms with E-state index in [0.29, 0.717) is 12.4 Å². The zero-order valence-electron chi connectivity index (χ0n) is 14.2. The minimum absolute atomic E-state index is 0.0582. The standard InChI is InChI=1S/C17H19N7OS/c25-17(19-9-14-2-1-7-26-14)13-3-5-23(6-4-13)15-8-16(21-11-20-15)24-12-18-10-22-24/h1-2,7-8,10-13H,3-6,9H2,(H,19,25). The predicted octanol–water partition coefficient (Wildman–Crippen LogP) is 1.65. The molecular weight excluding hydrogens is 350 g/mol. The number of aromatic nitrogens is 5. The number of rotatable bonds is 5. The highest BCUT2D eigenvalue weighted by Crippen LogP contribution is 2.23. The third-order valence-electron chi connectivity index (χ3n) is 4.50. The third-order valence-corrected chi connectivity index (χ3v) is 5.37. The summed E-state index contributed by atoms with van der Waals surface area (Å²) in [5.41, 5.74) is 0. The molecule has 1 N–H and O–H groups in total. The second kappa shape index (κ2) is 7.61. The Morgan fingerprint density at radius 3 is 2.81 bits per heavy atom. The molecule has 0 unspecified atom stereocenters. The van der Waals surface area contributed by atoms with Gasteiger partial charge in [-0.2, -0.15) is 5.10 Å². The third kappa shape index (κ3) is 3.72. The van der Waals surface area contributed by atoms with E-state index in [1.165, 1.54) is 17.5 Å².